The summed E-state index contributed by atoms with van der Waals surface area (Å²) in [4.78, 5) is 24.9. The van der Waals surface area contributed by atoms with Gasteiger partial charge >= 0.3 is 5.97 Å². The molecule has 1 N–H and O–H groups in total. The molecule has 0 spiro atoms. The van der Waals surface area contributed by atoms with Crippen LogP contribution in [0.2, 0.25) is 0 Å². The number of unbranched alkanes of at least 4 members (excludes halogenated alkanes) is 15. The maximum Gasteiger partial charge on any atom is 0.336 e. The molecule has 44 heavy (non-hydrogen) atoms. The number of carboxylic acid groups (broad SMARTS) is 1. The number of hydrogen-bond acceptors (Lipinski definition) is 4. The minimum atomic E-state index is -0.960. The second kappa shape index (κ2) is 20.3. The lowest BCUT2D eigenvalue weighted by Gasteiger charge is -2.40. The molecular formula is C39H60O5. The predicted octanol–water partition coefficient (Wildman–Crippen LogP) is 11.0. The molecule has 5 nitrogen and oxygen atoms in total. The summed E-state index contributed by atoms with van der Waals surface area (Å²) in [5.74, 6) is 0.0472. The summed E-state index contributed by atoms with van der Waals surface area (Å²) in [5.41, 5.74) is 1.74. The Morgan fingerprint density at radius 1 is 0.795 bits per heavy atom. The maximum absolute atomic E-state index is 13.0. The van der Waals surface area contributed by atoms with Gasteiger partial charge in [0.15, 0.2) is 5.78 Å². The first-order chi connectivity index (χ1) is 21.1. The molecule has 1 aromatic carbocycles. The van der Waals surface area contributed by atoms with Gasteiger partial charge in [-0.3, -0.25) is 4.79 Å². The average Bonchev–Trinajstić information content (AvgIpc) is 3.00. The highest BCUT2D eigenvalue weighted by atomic mass is 16.5. The number of benzene rings is 1. The fraction of sp³-hybridized carbons (Fsp3) is 0.641. The molecule has 5 heteroatoms. The molecule has 1 unspecified atom stereocenters. The van der Waals surface area contributed by atoms with E-state index in [0.29, 0.717) is 23.5 Å². The number of carbonyl (C=O) groups excluding carboxylic acids is 1. The van der Waals surface area contributed by atoms with E-state index in [-0.39, 0.29) is 17.3 Å². The van der Waals surface area contributed by atoms with Crippen LogP contribution < -0.4 is 4.74 Å². The Morgan fingerprint density at radius 2 is 1.27 bits per heavy atom. The molecule has 0 saturated carbocycles. The maximum atomic E-state index is 13.0. The zero-order valence-corrected chi connectivity index (χ0v) is 28.6. The van der Waals surface area contributed by atoms with Crippen molar-refractivity contribution in [2.45, 2.75) is 137 Å². The molecular weight excluding hydrogens is 548 g/mol. The minimum absolute atomic E-state index is 0.107. The highest BCUT2D eigenvalue weighted by Crippen LogP contribution is 2.48. The molecule has 1 atom stereocenters. The lowest BCUT2D eigenvalue weighted by Crippen LogP contribution is -2.33. The van der Waals surface area contributed by atoms with Crippen molar-refractivity contribution in [1.29, 1.82) is 0 Å². The fourth-order valence-corrected chi connectivity index (χ4v) is 6.29. The third-order valence-corrected chi connectivity index (χ3v) is 9.43. The normalized spacial score (nSPS) is 16.5. The summed E-state index contributed by atoms with van der Waals surface area (Å²) in [7, 11) is 1.55. The molecule has 1 aromatic rings. The molecule has 0 radical (unpaired) electrons. The number of methoxy groups -OCH3 is 1. The van der Waals surface area contributed by atoms with E-state index < -0.39 is 11.4 Å². The van der Waals surface area contributed by atoms with Crippen molar-refractivity contribution in [2.24, 2.45) is 11.3 Å². The highest BCUT2D eigenvalue weighted by Gasteiger charge is 2.41. The van der Waals surface area contributed by atoms with E-state index >= 15 is 0 Å². The largest absolute Gasteiger partial charge is 0.500 e. The number of allylic oxidation sites excluding steroid dienone is 3. The second-order valence-corrected chi connectivity index (χ2v) is 13.1. The lowest BCUT2D eigenvalue weighted by atomic mass is 9.66. The molecule has 0 bridgehead atoms. The number of hydrogen-bond donors (Lipinski definition) is 1. The number of ketones is 1. The van der Waals surface area contributed by atoms with Crippen molar-refractivity contribution in [2.75, 3.05) is 13.7 Å². The van der Waals surface area contributed by atoms with E-state index in [0.717, 1.165) is 17.7 Å². The zero-order chi connectivity index (χ0) is 32.4. The van der Waals surface area contributed by atoms with Gasteiger partial charge < -0.3 is 14.6 Å². The Kier molecular flexibility index (Phi) is 17.2. The van der Waals surface area contributed by atoms with Crippen LogP contribution in [0.1, 0.15) is 148 Å². The minimum Gasteiger partial charge on any atom is -0.500 e. The van der Waals surface area contributed by atoms with E-state index in [1.165, 1.54) is 96.3 Å². The monoisotopic (exact) mass is 608 g/mol. The highest BCUT2D eigenvalue weighted by molar-refractivity contribution is 6.04. The van der Waals surface area contributed by atoms with Gasteiger partial charge in [-0.15, -0.1) is 0 Å². The number of carboxylic acids is 1. The summed E-state index contributed by atoms with van der Waals surface area (Å²) >= 11 is 0. The third-order valence-electron chi connectivity index (χ3n) is 9.43. The van der Waals surface area contributed by atoms with Crippen molar-refractivity contribution in [1.82, 2.24) is 0 Å². The standard InChI is InChI=1S/C39H60O5/c1-7-8-9-10-11-12-13-14-15-16-17-18-19-20-21-22-29-44-33-25-23-32(24-26-33)35(40)28-27-34-37(43-6)30(2)36(38(41)42)31(3)39(34,4)5/h23-28,34H,7-22,29H2,1-6H3,(H,41,42). The molecule has 1 aliphatic rings. The molecule has 0 heterocycles. The predicted molar refractivity (Wildman–Crippen MR) is 182 cm³/mol. The van der Waals surface area contributed by atoms with Crippen LogP contribution in [0, 0.1) is 11.3 Å². The Labute approximate surface area is 268 Å². The smallest absolute Gasteiger partial charge is 0.336 e. The van der Waals surface area contributed by atoms with Gasteiger partial charge in [0.1, 0.15) is 11.5 Å². The summed E-state index contributed by atoms with van der Waals surface area (Å²) in [6, 6.07) is 7.31. The van der Waals surface area contributed by atoms with E-state index in [2.05, 4.69) is 6.92 Å². The van der Waals surface area contributed by atoms with Gasteiger partial charge in [0.2, 0.25) is 0 Å². The van der Waals surface area contributed by atoms with E-state index in [1.807, 2.05) is 39.0 Å². The van der Waals surface area contributed by atoms with Gasteiger partial charge in [-0.2, -0.15) is 0 Å². The molecule has 1 aliphatic carbocycles. The Morgan fingerprint density at radius 3 is 1.73 bits per heavy atom. The van der Waals surface area contributed by atoms with Crippen molar-refractivity contribution in [3.8, 4) is 5.75 Å². The van der Waals surface area contributed by atoms with Crippen LogP contribution in [-0.4, -0.2) is 30.6 Å². The first-order valence-corrected chi connectivity index (χ1v) is 17.3. The van der Waals surface area contributed by atoms with Crippen LogP contribution >= 0.6 is 0 Å². The SMILES string of the molecule is CCCCCCCCCCCCCCCCCCOc1ccc(C(=O)C=CC2C(OC)=C(C)C(C(=O)O)=C(C)C2(C)C)cc1. The number of rotatable bonds is 23. The van der Waals surface area contributed by atoms with E-state index in [1.54, 1.807) is 32.2 Å². The van der Waals surface area contributed by atoms with Crippen molar-refractivity contribution >= 4 is 11.8 Å². The quantitative estimate of drug-likeness (QED) is 0.0760. The third kappa shape index (κ3) is 11.9. The van der Waals surface area contributed by atoms with Crippen LogP contribution in [0.5, 0.6) is 5.75 Å². The van der Waals surface area contributed by atoms with Crippen molar-refractivity contribution in [3.63, 3.8) is 0 Å². The first-order valence-electron chi connectivity index (χ1n) is 17.3. The first kappa shape index (κ1) is 37.4. The molecule has 0 saturated heterocycles. The van der Waals surface area contributed by atoms with Crippen molar-refractivity contribution in [3.05, 3.63) is 64.5 Å². The van der Waals surface area contributed by atoms with Gasteiger partial charge in [0.05, 0.1) is 19.3 Å². The molecule has 0 amide bonds. The van der Waals surface area contributed by atoms with Gasteiger partial charge in [-0.25, -0.2) is 4.79 Å². The topological polar surface area (TPSA) is 72.8 Å². The second-order valence-electron chi connectivity index (χ2n) is 13.1. The van der Waals surface area contributed by atoms with Crippen LogP contribution in [0.15, 0.2) is 58.9 Å². The van der Waals surface area contributed by atoms with Gasteiger partial charge in [-0.1, -0.05) is 129 Å². The summed E-state index contributed by atoms with van der Waals surface area (Å²) in [6.45, 7) is 10.6. The van der Waals surface area contributed by atoms with E-state index in [9.17, 15) is 14.7 Å². The van der Waals surface area contributed by atoms with Gasteiger partial charge in [0, 0.05) is 17.1 Å². The van der Waals surface area contributed by atoms with Gasteiger partial charge in [-0.05, 0) is 56.0 Å². The Bertz CT molecular complexity index is 1110. The van der Waals surface area contributed by atoms with Crippen LogP contribution in [0.25, 0.3) is 0 Å². The molecule has 246 valence electrons. The lowest BCUT2D eigenvalue weighted by molar-refractivity contribution is -0.132. The molecule has 0 aliphatic heterocycles. The Balaban J connectivity index is 1.64. The molecule has 0 aromatic heterocycles. The van der Waals surface area contributed by atoms with Crippen LogP contribution in [-0.2, 0) is 9.53 Å². The Hall–Kier alpha value is -2.82. The number of carbonyl (C=O) groups is 2. The van der Waals surface area contributed by atoms with E-state index in [4.69, 9.17) is 9.47 Å². The van der Waals surface area contributed by atoms with Crippen LogP contribution in [0.4, 0.5) is 0 Å². The van der Waals surface area contributed by atoms with Gasteiger partial charge in [0.25, 0.3) is 0 Å². The summed E-state index contributed by atoms with van der Waals surface area (Å²) in [5, 5.41) is 9.74. The molecule has 0 fully saturated rings. The number of aliphatic carboxylic acids is 1. The molecule has 2 rings (SSSR count). The summed E-state index contributed by atoms with van der Waals surface area (Å²) < 4.78 is 11.6. The van der Waals surface area contributed by atoms with Crippen molar-refractivity contribution < 1.29 is 24.2 Å². The summed E-state index contributed by atoms with van der Waals surface area (Å²) in [6.07, 6.45) is 25.0. The number of ether oxygens (including phenoxy) is 2. The van der Waals surface area contributed by atoms with Crippen LogP contribution in [0.3, 0.4) is 0 Å². The zero-order valence-electron chi connectivity index (χ0n) is 28.6. The average molecular weight is 609 g/mol. The fourth-order valence-electron chi connectivity index (χ4n) is 6.29.